The number of hydrogen-bond donors (Lipinski definition) is 2. The van der Waals surface area contributed by atoms with E-state index in [1.165, 1.54) is 0 Å². The molecule has 0 radical (unpaired) electrons. The molecule has 1 aliphatic rings. The number of aliphatic carboxylic acids is 1. The smallest absolute Gasteiger partial charge is 0.408 e. The number of benzene rings is 3. The fourth-order valence-corrected chi connectivity index (χ4v) is 3.80. The van der Waals surface area contributed by atoms with Crippen LogP contribution >= 0.6 is 0 Å². The second-order valence-electron chi connectivity index (χ2n) is 6.88. The first-order valence-electron chi connectivity index (χ1n) is 9.25. The summed E-state index contributed by atoms with van der Waals surface area (Å²) >= 11 is 0. The summed E-state index contributed by atoms with van der Waals surface area (Å²) in [5, 5.41) is 11.4. The Morgan fingerprint density at radius 1 is 0.900 bits per heavy atom. The fourth-order valence-electron chi connectivity index (χ4n) is 3.80. The predicted molar refractivity (Wildman–Crippen MR) is 105 cm³/mol. The number of fused-ring (bicyclic) bond motifs is 3. The molecule has 3 aromatic rings. The van der Waals surface area contributed by atoms with E-state index in [9.17, 15) is 23.5 Å². The van der Waals surface area contributed by atoms with Crippen molar-refractivity contribution < 1.29 is 28.2 Å². The van der Waals surface area contributed by atoms with Crippen molar-refractivity contribution in [2.75, 3.05) is 6.61 Å². The van der Waals surface area contributed by atoms with Gasteiger partial charge in [0.15, 0.2) is 6.04 Å². The average Bonchev–Trinajstić information content (AvgIpc) is 3.05. The molecule has 0 saturated heterocycles. The number of halogens is 2. The highest BCUT2D eigenvalue weighted by Crippen LogP contribution is 2.44. The highest BCUT2D eigenvalue weighted by Gasteiger charge is 2.31. The van der Waals surface area contributed by atoms with Gasteiger partial charge in [0, 0.05) is 5.92 Å². The van der Waals surface area contributed by atoms with Crippen molar-refractivity contribution >= 4 is 12.1 Å². The molecule has 0 aromatic heterocycles. The summed E-state index contributed by atoms with van der Waals surface area (Å²) in [6.07, 6.45) is -1.08. The van der Waals surface area contributed by atoms with Gasteiger partial charge >= 0.3 is 12.1 Å². The molecule has 3 aromatic carbocycles. The van der Waals surface area contributed by atoms with Crippen LogP contribution in [-0.4, -0.2) is 23.8 Å². The van der Waals surface area contributed by atoms with Crippen LogP contribution in [0, 0.1) is 11.6 Å². The second-order valence-corrected chi connectivity index (χ2v) is 6.88. The lowest BCUT2D eigenvalue weighted by Crippen LogP contribution is -2.36. The number of carbonyl (C=O) groups excluding carboxylic acids is 1. The third-order valence-corrected chi connectivity index (χ3v) is 5.14. The molecule has 1 aliphatic carbocycles. The lowest BCUT2D eigenvalue weighted by Gasteiger charge is -2.18. The van der Waals surface area contributed by atoms with Gasteiger partial charge in [-0.1, -0.05) is 54.6 Å². The summed E-state index contributed by atoms with van der Waals surface area (Å²) in [7, 11) is 0. The van der Waals surface area contributed by atoms with Crippen LogP contribution in [0.5, 0.6) is 0 Å². The largest absolute Gasteiger partial charge is 0.479 e. The van der Waals surface area contributed by atoms with E-state index in [1.807, 2.05) is 53.8 Å². The first kappa shape index (κ1) is 19.6. The molecular formula is C23H17F2NO4. The predicted octanol–water partition coefficient (Wildman–Crippen LogP) is 4.63. The van der Waals surface area contributed by atoms with E-state index in [1.54, 1.807) is 0 Å². The quantitative estimate of drug-likeness (QED) is 0.644. The van der Waals surface area contributed by atoms with Crippen molar-refractivity contribution in [3.63, 3.8) is 0 Å². The maximum Gasteiger partial charge on any atom is 0.408 e. The zero-order valence-corrected chi connectivity index (χ0v) is 15.6. The van der Waals surface area contributed by atoms with Crippen LogP contribution in [0.4, 0.5) is 13.6 Å². The zero-order valence-electron chi connectivity index (χ0n) is 15.6. The molecule has 4 rings (SSSR count). The molecule has 5 nitrogen and oxygen atoms in total. The number of carbonyl (C=O) groups is 2. The minimum atomic E-state index is -1.91. The Kier molecular flexibility index (Phi) is 5.18. The van der Waals surface area contributed by atoms with Crippen LogP contribution in [0.3, 0.4) is 0 Å². The topological polar surface area (TPSA) is 75.6 Å². The number of hydrogen-bond acceptors (Lipinski definition) is 3. The van der Waals surface area contributed by atoms with Crippen LogP contribution in [0.15, 0.2) is 66.7 Å². The van der Waals surface area contributed by atoms with Crippen LogP contribution in [0.25, 0.3) is 11.1 Å². The first-order valence-corrected chi connectivity index (χ1v) is 9.25. The van der Waals surface area contributed by atoms with Crippen LogP contribution in [0.1, 0.15) is 28.7 Å². The number of carboxylic acids is 1. The number of carboxylic acid groups (broad SMARTS) is 1. The minimum absolute atomic E-state index is 0.0496. The molecule has 0 saturated carbocycles. The summed E-state index contributed by atoms with van der Waals surface area (Å²) in [6, 6.07) is 16.5. The summed E-state index contributed by atoms with van der Waals surface area (Å²) in [5.74, 6) is -3.97. The normalized spacial score (nSPS) is 13.3. The van der Waals surface area contributed by atoms with Gasteiger partial charge in [-0.3, -0.25) is 0 Å². The lowest BCUT2D eigenvalue weighted by molar-refractivity contribution is -0.139. The minimum Gasteiger partial charge on any atom is -0.479 e. The Bertz CT molecular complexity index is 1070. The molecule has 0 fully saturated rings. The highest BCUT2D eigenvalue weighted by atomic mass is 19.1. The standard InChI is InChI=1S/C23H17F2NO4/c24-18-10-5-11-19(25)20(18)21(22(27)28)26-23(29)30-12-17-15-8-3-1-6-13(15)14-7-2-4-9-16(14)17/h1-11,17,21H,12H2,(H,26,29)(H,27,28). The van der Waals surface area contributed by atoms with Gasteiger partial charge in [-0.25, -0.2) is 18.4 Å². The molecule has 2 N–H and O–H groups in total. The van der Waals surface area contributed by atoms with Crippen molar-refractivity contribution in [2.24, 2.45) is 0 Å². The lowest BCUT2D eigenvalue weighted by atomic mass is 9.98. The van der Waals surface area contributed by atoms with Crippen molar-refractivity contribution in [2.45, 2.75) is 12.0 Å². The highest BCUT2D eigenvalue weighted by molar-refractivity contribution is 5.82. The molecule has 0 heterocycles. The Hall–Kier alpha value is -3.74. The molecule has 7 heteroatoms. The van der Waals surface area contributed by atoms with Crippen molar-refractivity contribution in [1.82, 2.24) is 5.32 Å². The second kappa shape index (κ2) is 7.94. The van der Waals surface area contributed by atoms with Gasteiger partial charge < -0.3 is 15.2 Å². The van der Waals surface area contributed by atoms with E-state index in [0.29, 0.717) is 0 Å². The Balaban J connectivity index is 1.52. The number of nitrogens with one attached hydrogen (secondary N) is 1. The van der Waals surface area contributed by atoms with E-state index in [-0.39, 0.29) is 12.5 Å². The van der Waals surface area contributed by atoms with Gasteiger partial charge in [-0.15, -0.1) is 0 Å². The van der Waals surface area contributed by atoms with Gasteiger partial charge in [0.1, 0.15) is 18.2 Å². The summed E-state index contributed by atoms with van der Waals surface area (Å²) in [5.41, 5.74) is 3.30. The van der Waals surface area contributed by atoms with Crippen LogP contribution in [-0.2, 0) is 9.53 Å². The van der Waals surface area contributed by atoms with E-state index >= 15 is 0 Å². The first-order chi connectivity index (χ1) is 14.5. The maximum atomic E-state index is 14.0. The Labute approximate surface area is 170 Å². The third-order valence-electron chi connectivity index (χ3n) is 5.14. The number of amides is 1. The molecule has 1 atom stereocenters. The monoisotopic (exact) mass is 409 g/mol. The number of rotatable bonds is 5. The van der Waals surface area contributed by atoms with Gasteiger partial charge in [-0.05, 0) is 34.4 Å². The van der Waals surface area contributed by atoms with Crippen molar-refractivity contribution in [3.05, 3.63) is 95.1 Å². The zero-order chi connectivity index (χ0) is 21.3. The Morgan fingerprint density at radius 3 is 1.97 bits per heavy atom. The van der Waals surface area contributed by atoms with Gasteiger partial charge in [0.25, 0.3) is 0 Å². The number of ether oxygens (including phenoxy) is 1. The molecule has 152 valence electrons. The van der Waals surface area contributed by atoms with E-state index in [2.05, 4.69) is 0 Å². The molecule has 0 aliphatic heterocycles. The molecule has 1 unspecified atom stereocenters. The maximum absolute atomic E-state index is 14.0. The molecular weight excluding hydrogens is 392 g/mol. The molecule has 0 spiro atoms. The summed E-state index contributed by atoms with van der Waals surface area (Å²) < 4.78 is 33.2. The SMILES string of the molecule is O=C(NC(C(=O)O)c1c(F)cccc1F)OCC1c2ccccc2-c2ccccc21. The van der Waals surface area contributed by atoms with E-state index < -0.39 is 35.3 Å². The van der Waals surface area contributed by atoms with E-state index in [4.69, 9.17) is 4.74 Å². The van der Waals surface area contributed by atoms with Crippen molar-refractivity contribution in [3.8, 4) is 11.1 Å². The van der Waals surface area contributed by atoms with Gasteiger partial charge in [-0.2, -0.15) is 0 Å². The molecule has 1 amide bonds. The van der Waals surface area contributed by atoms with E-state index in [0.717, 1.165) is 40.5 Å². The van der Waals surface area contributed by atoms with Crippen molar-refractivity contribution in [1.29, 1.82) is 0 Å². The van der Waals surface area contributed by atoms with Crippen LogP contribution < -0.4 is 5.32 Å². The summed E-state index contributed by atoms with van der Waals surface area (Å²) in [6.45, 7) is -0.0496. The Morgan fingerprint density at radius 2 is 1.43 bits per heavy atom. The molecule has 0 bridgehead atoms. The average molecular weight is 409 g/mol. The summed E-state index contributed by atoms with van der Waals surface area (Å²) in [4.78, 5) is 23.8. The fraction of sp³-hybridized carbons (Fsp3) is 0.130. The molecule has 30 heavy (non-hydrogen) atoms. The van der Waals surface area contributed by atoms with Gasteiger partial charge in [0.2, 0.25) is 0 Å². The van der Waals surface area contributed by atoms with Gasteiger partial charge in [0.05, 0.1) is 5.56 Å². The third kappa shape index (κ3) is 3.50. The van der Waals surface area contributed by atoms with Crippen LogP contribution in [0.2, 0.25) is 0 Å². The number of alkyl carbamates (subject to hydrolysis) is 1.